The van der Waals surface area contributed by atoms with Crippen molar-refractivity contribution in [3.05, 3.63) is 35.4 Å². The molecule has 1 aromatic carbocycles. The third-order valence-corrected chi connectivity index (χ3v) is 4.98. The Morgan fingerprint density at radius 3 is 3.04 bits per heavy atom. The van der Waals surface area contributed by atoms with Crippen LogP contribution in [0.4, 0.5) is 0 Å². The lowest BCUT2D eigenvalue weighted by Gasteiger charge is -2.33. The van der Waals surface area contributed by atoms with E-state index < -0.39 is 0 Å². The van der Waals surface area contributed by atoms with Crippen LogP contribution < -0.4 is 9.47 Å². The molecule has 7 heteroatoms. The van der Waals surface area contributed by atoms with Gasteiger partial charge in [-0.15, -0.1) is 10.2 Å². The molecule has 1 atom stereocenters. The molecule has 25 heavy (non-hydrogen) atoms. The number of para-hydroxylation sites is 1. The highest BCUT2D eigenvalue weighted by atomic mass is 16.5. The first kappa shape index (κ1) is 15.9. The van der Waals surface area contributed by atoms with Gasteiger partial charge in [0.05, 0.1) is 19.6 Å². The third-order valence-electron chi connectivity index (χ3n) is 4.98. The van der Waals surface area contributed by atoms with Crippen LogP contribution in [0.15, 0.2) is 18.2 Å². The number of rotatable bonds is 3. The van der Waals surface area contributed by atoms with Crippen molar-refractivity contribution < 1.29 is 14.3 Å². The van der Waals surface area contributed by atoms with Crippen LogP contribution in [0.1, 0.15) is 24.1 Å². The fourth-order valence-corrected chi connectivity index (χ4v) is 3.64. The van der Waals surface area contributed by atoms with Gasteiger partial charge in [-0.3, -0.25) is 4.79 Å². The minimum Gasteiger partial charge on any atom is -0.493 e. The summed E-state index contributed by atoms with van der Waals surface area (Å²) in [6, 6.07) is 5.81. The number of ether oxygens (including phenoxy) is 2. The number of carbonyl (C=O) groups excluding carboxylic acids is 1. The Hall–Kier alpha value is -2.57. The number of fused-ring (bicyclic) bond motifs is 2. The Balaban J connectivity index is 1.49. The van der Waals surface area contributed by atoms with Crippen molar-refractivity contribution in [3.63, 3.8) is 0 Å². The highest BCUT2D eigenvalue weighted by molar-refractivity contribution is 5.80. The van der Waals surface area contributed by atoms with Crippen LogP contribution in [0.2, 0.25) is 0 Å². The average Bonchev–Trinajstić information content (AvgIpc) is 3.08. The standard InChI is InChI=1S/C18H22N4O3/c1-3-15-19-20-16-10-21(7-8-22(15)16)18(23)13-9-12-5-4-6-14(24-2)17(12)25-11-13/h4-6,13H,3,7-11H2,1-2H3. The molecule has 0 bridgehead atoms. The van der Waals surface area contributed by atoms with Crippen molar-refractivity contribution in [2.75, 3.05) is 20.3 Å². The number of hydrogen-bond donors (Lipinski definition) is 0. The smallest absolute Gasteiger partial charge is 0.229 e. The zero-order valence-corrected chi connectivity index (χ0v) is 14.6. The number of methoxy groups -OCH3 is 1. The van der Waals surface area contributed by atoms with Crippen molar-refractivity contribution in [2.45, 2.75) is 32.9 Å². The molecule has 1 amide bonds. The first-order valence-corrected chi connectivity index (χ1v) is 8.69. The summed E-state index contributed by atoms with van der Waals surface area (Å²) < 4.78 is 13.3. The predicted molar refractivity (Wildman–Crippen MR) is 90.5 cm³/mol. The molecule has 2 aromatic rings. The van der Waals surface area contributed by atoms with E-state index in [-0.39, 0.29) is 11.8 Å². The monoisotopic (exact) mass is 342 g/mol. The fourth-order valence-electron chi connectivity index (χ4n) is 3.64. The van der Waals surface area contributed by atoms with E-state index >= 15 is 0 Å². The Morgan fingerprint density at radius 1 is 1.36 bits per heavy atom. The predicted octanol–water partition coefficient (Wildman–Crippen LogP) is 1.44. The van der Waals surface area contributed by atoms with Gasteiger partial charge in [-0.25, -0.2) is 0 Å². The minimum atomic E-state index is -0.167. The van der Waals surface area contributed by atoms with Crippen LogP contribution in [-0.4, -0.2) is 45.8 Å². The second-order valence-corrected chi connectivity index (χ2v) is 6.46. The quantitative estimate of drug-likeness (QED) is 0.844. The van der Waals surface area contributed by atoms with Crippen LogP contribution in [-0.2, 0) is 30.7 Å². The Morgan fingerprint density at radius 2 is 2.24 bits per heavy atom. The molecule has 0 N–H and O–H groups in total. The molecule has 0 saturated carbocycles. The van der Waals surface area contributed by atoms with Crippen LogP contribution in [0, 0.1) is 5.92 Å². The largest absolute Gasteiger partial charge is 0.493 e. The fraction of sp³-hybridized carbons (Fsp3) is 0.500. The normalized spacial score (nSPS) is 19.0. The van der Waals surface area contributed by atoms with Gasteiger partial charge in [-0.05, 0) is 18.1 Å². The zero-order valence-electron chi connectivity index (χ0n) is 14.6. The van der Waals surface area contributed by atoms with E-state index in [0.29, 0.717) is 26.1 Å². The van der Waals surface area contributed by atoms with Gasteiger partial charge in [0.25, 0.3) is 0 Å². The highest BCUT2D eigenvalue weighted by Gasteiger charge is 2.33. The number of nitrogens with zero attached hydrogens (tertiary/aromatic N) is 4. The van der Waals surface area contributed by atoms with Gasteiger partial charge in [0.15, 0.2) is 17.3 Å². The Bertz CT molecular complexity index is 802. The van der Waals surface area contributed by atoms with Gasteiger partial charge in [-0.1, -0.05) is 19.1 Å². The van der Waals surface area contributed by atoms with Gasteiger partial charge in [0.2, 0.25) is 5.91 Å². The zero-order chi connectivity index (χ0) is 17.4. The number of hydrogen-bond acceptors (Lipinski definition) is 5. The molecule has 2 aliphatic heterocycles. The second kappa shape index (κ2) is 6.38. The summed E-state index contributed by atoms with van der Waals surface area (Å²) in [4.78, 5) is 14.8. The molecular weight excluding hydrogens is 320 g/mol. The Kier molecular flexibility index (Phi) is 4.07. The highest BCUT2D eigenvalue weighted by Crippen LogP contribution is 2.36. The maximum atomic E-state index is 13.0. The van der Waals surface area contributed by atoms with Crippen molar-refractivity contribution in [1.82, 2.24) is 19.7 Å². The molecule has 0 fully saturated rings. The first-order valence-electron chi connectivity index (χ1n) is 8.69. The first-order chi connectivity index (χ1) is 12.2. The minimum absolute atomic E-state index is 0.126. The maximum absolute atomic E-state index is 13.0. The lowest BCUT2D eigenvalue weighted by atomic mass is 9.95. The number of aromatic nitrogens is 3. The lowest BCUT2D eigenvalue weighted by molar-refractivity contribution is -0.138. The molecule has 7 nitrogen and oxygen atoms in total. The lowest BCUT2D eigenvalue weighted by Crippen LogP contribution is -2.44. The molecule has 0 aliphatic carbocycles. The molecule has 3 heterocycles. The van der Waals surface area contributed by atoms with Gasteiger partial charge in [0, 0.05) is 19.5 Å². The van der Waals surface area contributed by atoms with Gasteiger partial charge in [-0.2, -0.15) is 0 Å². The van der Waals surface area contributed by atoms with E-state index in [4.69, 9.17) is 9.47 Å². The van der Waals surface area contributed by atoms with E-state index in [1.165, 1.54) is 0 Å². The second-order valence-electron chi connectivity index (χ2n) is 6.46. The molecule has 132 valence electrons. The Labute approximate surface area is 146 Å². The molecule has 0 spiro atoms. The van der Waals surface area contributed by atoms with Gasteiger partial charge < -0.3 is 18.9 Å². The van der Waals surface area contributed by atoms with Crippen molar-refractivity contribution in [1.29, 1.82) is 0 Å². The summed E-state index contributed by atoms with van der Waals surface area (Å²) >= 11 is 0. The van der Waals surface area contributed by atoms with Crippen LogP contribution in [0.25, 0.3) is 0 Å². The molecule has 1 aromatic heterocycles. The van der Waals surface area contributed by atoms with Crippen molar-refractivity contribution in [2.24, 2.45) is 5.92 Å². The average molecular weight is 342 g/mol. The summed E-state index contributed by atoms with van der Waals surface area (Å²) in [6.45, 7) is 4.43. The van der Waals surface area contributed by atoms with Crippen LogP contribution in [0.3, 0.4) is 0 Å². The SMILES string of the molecule is CCc1nnc2n1CCN(C(=O)C1COc3c(cccc3OC)C1)C2. The van der Waals surface area contributed by atoms with E-state index in [9.17, 15) is 4.79 Å². The number of benzene rings is 1. The summed E-state index contributed by atoms with van der Waals surface area (Å²) in [5.74, 6) is 3.31. The number of amides is 1. The maximum Gasteiger partial charge on any atom is 0.229 e. The summed E-state index contributed by atoms with van der Waals surface area (Å²) in [7, 11) is 1.63. The van der Waals surface area contributed by atoms with E-state index in [1.54, 1.807) is 7.11 Å². The van der Waals surface area contributed by atoms with Crippen LogP contribution in [0.5, 0.6) is 11.5 Å². The molecule has 2 aliphatic rings. The molecule has 1 unspecified atom stereocenters. The van der Waals surface area contributed by atoms with E-state index in [1.807, 2.05) is 23.1 Å². The number of carbonyl (C=O) groups is 1. The molecule has 0 saturated heterocycles. The van der Waals surface area contributed by atoms with Crippen molar-refractivity contribution in [3.8, 4) is 11.5 Å². The topological polar surface area (TPSA) is 69.5 Å². The summed E-state index contributed by atoms with van der Waals surface area (Å²) in [5, 5.41) is 8.44. The summed E-state index contributed by atoms with van der Waals surface area (Å²) in [6.07, 6.45) is 1.53. The van der Waals surface area contributed by atoms with E-state index in [2.05, 4.69) is 21.7 Å². The summed E-state index contributed by atoms with van der Waals surface area (Å²) in [5.41, 5.74) is 1.03. The van der Waals surface area contributed by atoms with Crippen LogP contribution >= 0.6 is 0 Å². The molecule has 0 radical (unpaired) electrons. The molecular formula is C18H22N4O3. The number of aryl methyl sites for hydroxylation is 1. The third kappa shape index (κ3) is 2.73. The van der Waals surface area contributed by atoms with Gasteiger partial charge >= 0.3 is 0 Å². The van der Waals surface area contributed by atoms with Gasteiger partial charge in [0.1, 0.15) is 12.4 Å². The van der Waals surface area contributed by atoms with Crippen molar-refractivity contribution >= 4 is 5.91 Å². The van der Waals surface area contributed by atoms with E-state index in [0.717, 1.165) is 41.7 Å². The molecule has 4 rings (SSSR count).